The number of carbonyl (C=O) groups excluding carboxylic acids is 1. The maximum Gasteiger partial charge on any atom is 0.356 e. The van der Waals surface area contributed by atoms with Crippen LogP contribution in [0.25, 0.3) is 0 Å². The first-order valence-corrected chi connectivity index (χ1v) is 5.40. The van der Waals surface area contributed by atoms with Crippen molar-refractivity contribution in [3.05, 3.63) is 52.1 Å². The zero-order valence-corrected chi connectivity index (χ0v) is 9.95. The first-order valence-electron chi connectivity index (χ1n) is 5.40. The number of aromatic carboxylic acids is 1. The number of carboxylic acid groups (broad SMARTS) is 1. The zero-order valence-electron chi connectivity index (χ0n) is 9.95. The topological polar surface area (TPSA) is 132 Å². The van der Waals surface area contributed by atoms with Crippen LogP contribution in [0.4, 0.5) is 5.69 Å². The lowest BCUT2D eigenvalue weighted by Crippen LogP contribution is -2.18. The van der Waals surface area contributed by atoms with E-state index in [0.29, 0.717) is 0 Å². The van der Waals surface area contributed by atoms with Crippen LogP contribution >= 0.6 is 0 Å². The van der Waals surface area contributed by atoms with E-state index in [-0.39, 0.29) is 16.9 Å². The van der Waals surface area contributed by atoms with Crippen LogP contribution in [0.5, 0.6) is 5.88 Å². The smallest absolute Gasteiger partial charge is 0.356 e. The van der Waals surface area contributed by atoms with Gasteiger partial charge in [-0.25, -0.2) is 9.78 Å². The molecule has 20 heavy (non-hydrogen) atoms. The predicted molar refractivity (Wildman–Crippen MR) is 67.9 cm³/mol. The summed E-state index contributed by atoms with van der Waals surface area (Å²) in [6.07, 6.45) is 1.28. The largest absolute Gasteiger partial charge is 0.494 e. The molecule has 0 saturated carbocycles. The number of pyridine rings is 2. The number of nitrogens with zero attached hydrogens (tertiary/aromatic N) is 1. The fourth-order valence-corrected chi connectivity index (χ4v) is 1.53. The predicted octanol–water partition coefficient (Wildman–Crippen LogP) is 0.426. The van der Waals surface area contributed by atoms with Gasteiger partial charge in [-0.2, -0.15) is 0 Å². The second kappa shape index (κ2) is 5.22. The van der Waals surface area contributed by atoms with E-state index in [1.165, 1.54) is 18.3 Å². The normalized spacial score (nSPS) is 10.0. The SMILES string of the molecule is O=C(Nc1cccnc1C(=O)O)c1cc(O)[nH]c(=O)c1. The number of amides is 1. The molecule has 0 aliphatic heterocycles. The summed E-state index contributed by atoms with van der Waals surface area (Å²) >= 11 is 0. The molecule has 0 aliphatic rings. The van der Waals surface area contributed by atoms with Crippen LogP contribution in [-0.2, 0) is 0 Å². The van der Waals surface area contributed by atoms with E-state index in [9.17, 15) is 19.5 Å². The van der Waals surface area contributed by atoms with Gasteiger partial charge in [0.2, 0.25) is 0 Å². The third kappa shape index (κ3) is 2.80. The lowest BCUT2D eigenvalue weighted by molar-refractivity contribution is 0.0691. The van der Waals surface area contributed by atoms with Crippen molar-refractivity contribution in [2.45, 2.75) is 0 Å². The van der Waals surface area contributed by atoms with Gasteiger partial charge < -0.3 is 15.5 Å². The molecule has 2 aromatic rings. The average Bonchev–Trinajstić information content (AvgIpc) is 2.37. The number of H-pyrrole nitrogens is 1. The van der Waals surface area contributed by atoms with Gasteiger partial charge in [0.25, 0.3) is 11.5 Å². The number of aromatic nitrogens is 2. The Labute approximate surface area is 111 Å². The quantitative estimate of drug-likeness (QED) is 0.642. The monoisotopic (exact) mass is 275 g/mol. The molecule has 2 heterocycles. The number of rotatable bonds is 3. The van der Waals surface area contributed by atoms with Crippen molar-refractivity contribution >= 4 is 17.6 Å². The van der Waals surface area contributed by atoms with Gasteiger partial charge >= 0.3 is 5.97 Å². The van der Waals surface area contributed by atoms with Gasteiger partial charge in [-0.1, -0.05) is 0 Å². The van der Waals surface area contributed by atoms with Crippen LogP contribution in [0.2, 0.25) is 0 Å². The van der Waals surface area contributed by atoms with E-state index in [1.807, 2.05) is 0 Å². The molecule has 8 nitrogen and oxygen atoms in total. The minimum Gasteiger partial charge on any atom is -0.494 e. The van der Waals surface area contributed by atoms with Crippen LogP contribution in [0.1, 0.15) is 20.8 Å². The minimum absolute atomic E-state index is 0.00947. The molecule has 0 unspecified atom stereocenters. The Bertz CT molecular complexity index is 738. The number of hydrogen-bond donors (Lipinski definition) is 4. The number of aromatic hydroxyl groups is 1. The van der Waals surface area contributed by atoms with Crippen molar-refractivity contribution < 1.29 is 19.8 Å². The Morgan fingerprint density at radius 3 is 2.70 bits per heavy atom. The maximum atomic E-state index is 11.9. The number of carbonyl (C=O) groups is 2. The Morgan fingerprint density at radius 1 is 1.30 bits per heavy atom. The summed E-state index contributed by atoms with van der Waals surface area (Å²) in [5.41, 5.74) is -1.09. The van der Waals surface area contributed by atoms with E-state index in [1.54, 1.807) is 0 Å². The second-order valence-electron chi connectivity index (χ2n) is 3.78. The molecular weight excluding hydrogens is 266 g/mol. The molecule has 0 radical (unpaired) electrons. The molecule has 0 spiro atoms. The maximum absolute atomic E-state index is 11.9. The first kappa shape index (κ1) is 13.3. The zero-order chi connectivity index (χ0) is 14.7. The second-order valence-corrected chi connectivity index (χ2v) is 3.78. The molecule has 2 aromatic heterocycles. The van der Waals surface area contributed by atoms with Gasteiger partial charge in [0.1, 0.15) is 0 Å². The highest BCUT2D eigenvalue weighted by atomic mass is 16.4. The lowest BCUT2D eigenvalue weighted by atomic mass is 10.2. The average molecular weight is 275 g/mol. The highest BCUT2D eigenvalue weighted by Gasteiger charge is 2.15. The molecule has 0 aromatic carbocycles. The van der Waals surface area contributed by atoms with E-state index in [4.69, 9.17) is 5.11 Å². The number of hydrogen-bond acceptors (Lipinski definition) is 5. The van der Waals surface area contributed by atoms with Crippen molar-refractivity contribution in [1.82, 2.24) is 9.97 Å². The summed E-state index contributed by atoms with van der Waals surface area (Å²) < 4.78 is 0. The molecular formula is C12H9N3O5. The first-order chi connectivity index (χ1) is 9.47. The standard InChI is InChI=1S/C12H9N3O5/c16-8-4-6(5-9(17)15-8)11(18)14-7-2-1-3-13-10(7)12(19)20/h1-5H,(H,14,18)(H,19,20)(H2,15,16,17). The molecule has 0 atom stereocenters. The Balaban J connectivity index is 2.33. The molecule has 1 amide bonds. The molecule has 102 valence electrons. The van der Waals surface area contributed by atoms with E-state index < -0.39 is 23.3 Å². The van der Waals surface area contributed by atoms with Crippen LogP contribution in [-0.4, -0.2) is 32.1 Å². The molecule has 0 bridgehead atoms. The van der Waals surface area contributed by atoms with Gasteiger partial charge in [0, 0.05) is 18.3 Å². The lowest BCUT2D eigenvalue weighted by Gasteiger charge is -2.07. The van der Waals surface area contributed by atoms with Crippen molar-refractivity contribution in [3.8, 4) is 5.88 Å². The van der Waals surface area contributed by atoms with Crippen molar-refractivity contribution in [2.24, 2.45) is 0 Å². The van der Waals surface area contributed by atoms with Crippen LogP contribution in [0.3, 0.4) is 0 Å². The molecule has 0 saturated heterocycles. The van der Waals surface area contributed by atoms with Gasteiger partial charge in [-0.15, -0.1) is 0 Å². The summed E-state index contributed by atoms with van der Waals surface area (Å²) in [4.78, 5) is 39.7. The minimum atomic E-state index is -1.30. The summed E-state index contributed by atoms with van der Waals surface area (Å²) in [5, 5.41) is 20.5. The summed E-state index contributed by atoms with van der Waals surface area (Å²) in [6, 6.07) is 4.85. The Kier molecular flexibility index (Phi) is 3.47. The Morgan fingerprint density at radius 2 is 2.05 bits per heavy atom. The summed E-state index contributed by atoms with van der Waals surface area (Å²) in [5.74, 6) is -2.50. The summed E-state index contributed by atoms with van der Waals surface area (Å²) in [7, 11) is 0. The number of aromatic amines is 1. The van der Waals surface area contributed by atoms with Gasteiger partial charge in [0.05, 0.1) is 11.3 Å². The van der Waals surface area contributed by atoms with Crippen LogP contribution in [0.15, 0.2) is 35.3 Å². The van der Waals surface area contributed by atoms with Gasteiger partial charge in [-0.3, -0.25) is 14.6 Å². The van der Waals surface area contributed by atoms with E-state index in [2.05, 4.69) is 15.3 Å². The third-order valence-corrected chi connectivity index (χ3v) is 2.35. The fraction of sp³-hybridized carbons (Fsp3) is 0. The van der Waals surface area contributed by atoms with Crippen LogP contribution in [0, 0.1) is 0 Å². The molecule has 2 rings (SSSR count). The molecule has 0 fully saturated rings. The van der Waals surface area contributed by atoms with Crippen molar-refractivity contribution in [3.63, 3.8) is 0 Å². The van der Waals surface area contributed by atoms with Crippen molar-refractivity contribution in [2.75, 3.05) is 5.32 Å². The number of nitrogens with one attached hydrogen (secondary N) is 2. The highest BCUT2D eigenvalue weighted by molar-refractivity contribution is 6.07. The van der Waals surface area contributed by atoms with Crippen molar-refractivity contribution in [1.29, 1.82) is 0 Å². The number of anilines is 1. The van der Waals surface area contributed by atoms with Crippen LogP contribution < -0.4 is 10.9 Å². The molecule has 8 heteroatoms. The van der Waals surface area contributed by atoms with Gasteiger partial charge in [0.15, 0.2) is 11.6 Å². The Hall–Kier alpha value is -3.16. The summed E-state index contributed by atoms with van der Waals surface area (Å²) in [6.45, 7) is 0. The number of carboxylic acids is 1. The fourth-order valence-electron chi connectivity index (χ4n) is 1.53. The third-order valence-electron chi connectivity index (χ3n) is 2.35. The molecule has 0 aliphatic carbocycles. The van der Waals surface area contributed by atoms with Gasteiger partial charge in [-0.05, 0) is 12.1 Å². The van der Waals surface area contributed by atoms with E-state index >= 15 is 0 Å². The van der Waals surface area contributed by atoms with E-state index in [0.717, 1.165) is 12.1 Å². The highest BCUT2D eigenvalue weighted by Crippen LogP contribution is 2.14. The molecule has 4 N–H and O–H groups in total.